The third kappa shape index (κ3) is 6.80. The van der Waals surface area contributed by atoms with Crippen molar-refractivity contribution in [2.24, 2.45) is 0 Å². The molecular weight excluding hydrogens is 593 g/mol. The maximum Gasteiger partial charge on any atom is 0.318 e. The molecule has 3 aliphatic heterocycles. The molecule has 3 aliphatic rings. The molecule has 45 heavy (non-hydrogen) atoms. The van der Waals surface area contributed by atoms with Gasteiger partial charge in [0.15, 0.2) is 5.83 Å². The summed E-state index contributed by atoms with van der Waals surface area (Å²) < 4.78 is 20.2. The number of hydrogen-bond donors (Lipinski definition) is 0. The molecule has 1 aromatic carbocycles. The fraction of sp³-hybridized carbons (Fsp3) is 0.529. The Bertz CT molecular complexity index is 1530. The average molecular weight is 636 g/mol. The second kappa shape index (κ2) is 13.4. The number of fused-ring (bicyclic) bond motifs is 1. The molecule has 1 amide bonds. The van der Waals surface area contributed by atoms with Gasteiger partial charge in [0.05, 0.1) is 30.8 Å². The van der Waals surface area contributed by atoms with E-state index in [1.807, 2.05) is 19.1 Å². The fourth-order valence-electron chi connectivity index (χ4n) is 6.71. The van der Waals surface area contributed by atoms with Crippen LogP contribution in [0.2, 0.25) is 0 Å². The second-order valence-corrected chi connectivity index (χ2v) is 13.4. The minimum atomic E-state index is -1.02. The van der Waals surface area contributed by atoms with Gasteiger partial charge in [-0.3, -0.25) is 9.69 Å². The summed E-state index contributed by atoms with van der Waals surface area (Å²) in [6, 6.07) is 8.47. The maximum absolute atomic E-state index is 13.8. The van der Waals surface area contributed by atoms with E-state index < -0.39 is 17.8 Å². The molecule has 2 saturated heterocycles. The van der Waals surface area contributed by atoms with Crippen LogP contribution in [0.25, 0.3) is 5.03 Å². The van der Waals surface area contributed by atoms with Crippen LogP contribution in [0.5, 0.6) is 6.01 Å². The van der Waals surface area contributed by atoms with E-state index in [9.17, 15) is 14.4 Å². The number of halogens is 2. The monoisotopic (exact) mass is 635 g/mol. The Labute approximate surface area is 270 Å². The smallest absolute Gasteiger partial charge is 0.318 e. The van der Waals surface area contributed by atoms with Crippen molar-refractivity contribution in [3.8, 4) is 12.1 Å². The zero-order valence-electron chi connectivity index (χ0n) is 26.9. The highest BCUT2D eigenvalue weighted by Gasteiger charge is 2.38. The molecule has 2 fully saturated rings. The standard InChI is InChI=1S/C34H43ClFN7O2/c1-7-27(35)30-22(2)9-8-10-29(30)40-15-13-26-28(20-40)38-33(45-21-25-12-16-43(25)34(4,5)6)39-31(26)41-17-18-42(32(44)23(3)36)24(19-41)11-14-37/h7-10,24-25H,3,11-13,15-21H2,1-2,4-6H3/b27-7+/t24-,25?/m0/s1. The second-order valence-electron chi connectivity index (χ2n) is 13.0. The Morgan fingerprint density at radius 3 is 2.62 bits per heavy atom. The summed E-state index contributed by atoms with van der Waals surface area (Å²) in [5.74, 6) is -1.03. The highest BCUT2D eigenvalue weighted by Crippen LogP contribution is 2.37. The fourth-order valence-corrected chi connectivity index (χ4v) is 6.96. The maximum atomic E-state index is 13.8. The van der Waals surface area contributed by atoms with E-state index in [1.54, 1.807) is 0 Å². The first kappa shape index (κ1) is 32.7. The number of aromatic nitrogens is 2. The van der Waals surface area contributed by atoms with Crippen LogP contribution < -0.4 is 14.5 Å². The van der Waals surface area contributed by atoms with Gasteiger partial charge in [-0.25, -0.2) is 4.39 Å². The number of allylic oxidation sites excluding steroid dienone is 1. The van der Waals surface area contributed by atoms with E-state index in [0.29, 0.717) is 43.7 Å². The zero-order valence-corrected chi connectivity index (χ0v) is 27.7. The zero-order chi connectivity index (χ0) is 32.5. The highest BCUT2D eigenvalue weighted by molar-refractivity contribution is 6.49. The van der Waals surface area contributed by atoms with Crippen LogP contribution in [0.4, 0.5) is 15.9 Å². The van der Waals surface area contributed by atoms with Crippen molar-refractivity contribution in [2.75, 3.05) is 49.1 Å². The van der Waals surface area contributed by atoms with Crippen LogP contribution in [-0.2, 0) is 17.8 Å². The topological polar surface area (TPSA) is 88.8 Å². The third-order valence-corrected chi connectivity index (χ3v) is 9.53. The summed E-state index contributed by atoms with van der Waals surface area (Å²) in [6.07, 6.45) is 3.73. The molecule has 9 nitrogen and oxygen atoms in total. The summed E-state index contributed by atoms with van der Waals surface area (Å²) in [5.41, 5.74) is 5.11. The van der Waals surface area contributed by atoms with Crippen LogP contribution in [0, 0.1) is 18.3 Å². The minimum absolute atomic E-state index is 0.0478. The lowest BCUT2D eigenvalue weighted by Crippen LogP contribution is -2.59. The number of rotatable bonds is 8. The molecule has 11 heteroatoms. The van der Waals surface area contributed by atoms with Gasteiger partial charge >= 0.3 is 6.01 Å². The Morgan fingerprint density at radius 2 is 1.98 bits per heavy atom. The number of likely N-dealkylation sites (tertiary alicyclic amines) is 1. The van der Waals surface area contributed by atoms with E-state index >= 15 is 0 Å². The Morgan fingerprint density at radius 1 is 1.20 bits per heavy atom. The number of piperazine rings is 1. The first-order valence-electron chi connectivity index (χ1n) is 15.7. The molecule has 0 radical (unpaired) electrons. The van der Waals surface area contributed by atoms with E-state index in [0.717, 1.165) is 53.4 Å². The number of carbonyl (C=O) groups excluding carboxylic acids is 1. The Balaban J connectivity index is 1.48. The van der Waals surface area contributed by atoms with Gasteiger partial charge in [-0.1, -0.05) is 36.4 Å². The molecule has 0 saturated carbocycles. The number of anilines is 2. The van der Waals surface area contributed by atoms with Gasteiger partial charge < -0.3 is 19.4 Å². The first-order valence-corrected chi connectivity index (χ1v) is 16.0. The number of amides is 1. The number of nitriles is 1. The molecule has 0 N–H and O–H groups in total. The lowest BCUT2D eigenvalue weighted by Gasteiger charge is -2.49. The molecule has 4 heterocycles. The van der Waals surface area contributed by atoms with Crippen molar-refractivity contribution in [2.45, 2.75) is 78.0 Å². The Kier molecular flexibility index (Phi) is 9.71. The molecule has 1 unspecified atom stereocenters. The van der Waals surface area contributed by atoms with Crippen LogP contribution in [-0.4, -0.2) is 82.6 Å². The van der Waals surface area contributed by atoms with Crippen LogP contribution in [0.3, 0.4) is 0 Å². The molecule has 240 valence electrons. The number of nitrogens with zero attached hydrogens (tertiary/aromatic N) is 7. The highest BCUT2D eigenvalue weighted by atomic mass is 35.5. The number of hydrogen-bond acceptors (Lipinski definition) is 8. The molecule has 2 atom stereocenters. The third-order valence-electron chi connectivity index (χ3n) is 9.12. The van der Waals surface area contributed by atoms with E-state index in [1.165, 1.54) is 4.90 Å². The molecule has 0 bridgehead atoms. The van der Waals surface area contributed by atoms with E-state index in [2.05, 4.69) is 67.2 Å². The SMILES string of the molecule is C=C(F)C(=O)N1CCN(c2nc(OCC3CCN3C(C)(C)C)nc3c2CCN(c2cccc(C)c2/C(Cl)=C\C)C3)C[C@@H]1CC#N. The quantitative estimate of drug-likeness (QED) is 0.346. The number of benzene rings is 1. The predicted octanol–water partition coefficient (Wildman–Crippen LogP) is 5.61. The van der Waals surface area contributed by atoms with Crippen molar-refractivity contribution < 1.29 is 13.9 Å². The largest absolute Gasteiger partial charge is 0.462 e. The summed E-state index contributed by atoms with van der Waals surface area (Å²) in [5, 5.41) is 10.2. The molecule has 0 spiro atoms. The lowest BCUT2D eigenvalue weighted by molar-refractivity contribution is -0.131. The van der Waals surface area contributed by atoms with Crippen LogP contribution in [0.15, 0.2) is 36.7 Å². The van der Waals surface area contributed by atoms with Crippen molar-refractivity contribution in [3.63, 3.8) is 0 Å². The molecule has 0 aliphatic carbocycles. The van der Waals surface area contributed by atoms with Gasteiger partial charge in [-0.05, 0) is 59.1 Å². The van der Waals surface area contributed by atoms with Crippen molar-refractivity contribution in [3.05, 3.63) is 59.1 Å². The Hall–Kier alpha value is -3.68. The summed E-state index contributed by atoms with van der Waals surface area (Å²) >= 11 is 6.70. The summed E-state index contributed by atoms with van der Waals surface area (Å²) in [4.78, 5) is 30.7. The van der Waals surface area contributed by atoms with Crippen LogP contribution in [0.1, 0.15) is 62.9 Å². The summed E-state index contributed by atoms with van der Waals surface area (Å²) in [6.45, 7) is 17.7. The molecule has 2 aromatic rings. The summed E-state index contributed by atoms with van der Waals surface area (Å²) in [7, 11) is 0. The van der Waals surface area contributed by atoms with Crippen LogP contribution >= 0.6 is 11.6 Å². The van der Waals surface area contributed by atoms with Gasteiger partial charge in [-0.15, -0.1) is 0 Å². The minimum Gasteiger partial charge on any atom is -0.462 e. The van der Waals surface area contributed by atoms with E-state index in [-0.39, 0.29) is 24.5 Å². The normalized spacial score (nSPS) is 20.8. The van der Waals surface area contributed by atoms with Gasteiger partial charge in [0, 0.05) is 66.2 Å². The number of ether oxygens (including phenoxy) is 1. The molecule has 1 aromatic heterocycles. The van der Waals surface area contributed by atoms with Crippen molar-refractivity contribution in [1.82, 2.24) is 19.8 Å². The van der Waals surface area contributed by atoms with Gasteiger partial charge in [0.2, 0.25) is 0 Å². The van der Waals surface area contributed by atoms with Gasteiger partial charge in [-0.2, -0.15) is 15.2 Å². The van der Waals surface area contributed by atoms with Gasteiger partial charge in [0.25, 0.3) is 5.91 Å². The lowest BCUT2D eigenvalue weighted by atomic mass is 9.94. The molecule has 5 rings (SSSR count). The number of carbonyl (C=O) groups is 1. The van der Waals surface area contributed by atoms with Crippen molar-refractivity contribution in [1.29, 1.82) is 5.26 Å². The molecular formula is C34H43ClFN7O2. The van der Waals surface area contributed by atoms with E-state index in [4.69, 9.17) is 26.3 Å². The predicted molar refractivity (Wildman–Crippen MR) is 176 cm³/mol. The number of aryl methyl sites for hydroxylation is 1. The average Bonchev–Trinajstić information content (AvgIpc) is 2.98. The van der Waals surface area contributed by atoms with Gasteiger partial charge in [0.1, 0.15) is 12.4 Å². The first-order chi connectivity index (χ1) is 21.4. The van der Waals surface area contributed by atoms with Crippen molar-refractivity contribution >= 4 is 34.0 Å².